The number of nitrogens with one attached hydrogen (secondary N) is 1. The van der Waals surface area contributed by atoms with E-state index in [0.717, 1.165) is 47.7 Å². The van der Waals surface area contributed by atoms with Gasteiger partial charge in [-0.05, 0) is 72.2 Å². The Bertz CT molecular complexity index is 1350. The standard InChI is InChI=1S/2C16H22Br2N2O3.2ClH.HN3.Pt.Ru/c2*1-20(2,3)7-5-4-6-14(16(22)23)19-10-12-13(18)8-11(17)9-15(12)21;;;1-3-2;;/h2*8-10,14H,4-7H2,1-3H3,(H-,19,21,22,23);2*1H;1H;;/q;;;;;2*+2/p-4. The van der Waals surface area contributed by atoms with Crippen LogP contribution in [-0.2, 0) is 50.1 Å². The van der Waals surface area contributed by atoms with E-state index in [-0.39, 0.29) is 76.9 Å². The number of carboxylic acid groups (broad SMARTS) is 2. The van der Waals surface area contributed by atoms with E-state index in [2.05, 4.69) is 116 Å². The van der Waals surface area contributed by atoms with E-state index in [4.69, 9.17) is 11.1 Å². The van der Waals surface area contributed by atoms with Gasteiger partial charge in [-0.2, -0.15) is 0 Å². The summed E-state index contributed by atoms with van der Waals surface area (Å²) in [6, 6.07) is 4.41. The van der Waals surface area contributed by atoms with Crippen molar-refractivity contribution in [2.45, 2.75) is 50.6 Å². The molecule has 0 aromatic heterocycles. The number of quaternary nitrogens is 2. The fraction of sp³-hybridized carbons (Fsp3) is 0.500. The molecule has 0 amide bonds. The van der Waals surface area contributed by atoms with Crippen LogP contribution in [0.4, 0.5) is 0 Å². The van der Waals surface area contributed by atoms with E-state index >= 15 is 0 Å². The van der Waals surface area contributed by atoms with Crippen molar-refractivity contribution < 1.29 is 104 Å². The van der Waals surface area contributed by atoms with Crippen molar-refractivity contribution >= 4 is 88.1 Å². The quantitative estimate of drug-likeness (QED) is 0.0393. The van der Waals surface area contributed by atoms with E-state index in [1.54, 1.807) is 17.0 Å². The second kappa shape index (κ2) is 31.4. The summed E-state index contributed by atoms with van der Waals surface area (Å²) in [4.78, 5) is 32.3. The first kappa shape index (κ1) is 61.6. The molecule has 53 heavy (non-hydrogen) atoms. The number of rotatable bonds is 16. The van der Waals surface area contributed by atoms with Crippen LogP contribution in [0.5, 0.6) is 11.5 Å². The molecule has 0 aliphatic carbocycles. The zero-order valence-electron chi connectivity index (χ0n) is 29.8. The molecule has 2 aromatic carbocycles. The fourth-order valence-corrected chi connectivity index (χ4v) is 6.63. The maximum absolute atomic E-state index is 11.9. The molecular formula is C32H43Br4Cl2N7O6PtRu. The predicted molar refractivity (Wildman–Crippen MR) is 198 cm³/mol. The fourth-order valence-electron chi connectivity index (χ4n) is 4.06. The molecule has 2 atom stereocenters. The van der Waals surface area contributed by atoms with Gasteiger partial charge in [-0.1, -0.05) is 87.4 Å². The molecule has 0 saturated heterocycles. The number of benzene rings is 2. The minimum absolute atomic E-state index is 0. The number of hydrogen-bond acceptors (Lipinski definition) is 9. The second-order valence-corrected chi connectivity index (χ2v) is 16.5. The monoisotopic (exact) mass is 1300 g/mol. The first-order valence-electron chi connectivity index (χ1n) is 15.0. The van der Waals surface area contributed by atoms with Crippen LogP contribution in [-0.4, -0.2) is 101 Å². The average Bonchev–Trinajstić information content (AvgIpc) is 2.93. The molecule has 0 aliphatic heterocycles. The van der Waals surface area contributed by atoms with Crippen LogP contribution in [0.2, 0.25) is 0 Å². The van der Waals surface area contributed by atoms with E-state index in [1.807, 2.05) is 0 Å². The summed E-state index contributed by atoms with van der Waals surface area (Å²) in [5, 5.41) is 46.2. The number of aliphatic imine (C=N–C) groups is 2. The Morgan fingerprint density at radius 1 is 0.736 bits per heavy atom. The molecule has 0 spiro atoms. The number of carbonyl (C=O) groups is 2. The van der Waals surface area contributed by atoms with E-state index in [9.17, 15) is 30.0 Å². The Morgan fingerprint density at radius 3 is 1.25 bits per heavy atom. The number of aliphatic carboxylic acids is 2. The largest absolute Gasteiger partial charge is 2.00 e. The maximum atomic E-state index is 11.9. The minimum Gasteiger partial charge on any atom is -1.00 e. The third-order valence-electron chi connectivity index (χ3n) is 6.54. The van der Waals surface area contributed by atoms with Crippen molar-refractivity contribution in [2.75, 3.05) is 55.4 Å². The molecule has 0 bridgehead atoms. The van der Waals surface area contributed by atoms with Gasteiger partial charge in [0, 0.05) is 30.3 Å². The summed E-state index contributed by atoms with van der Waals surface area (Å²) in [5.41, 5.74) is 12.9. The Hall–Kier alpha value is -0.638. The Balaban J connectivity index is -0.000000252. The molecule has 2 rings (SSSR count). The van der Waals surface area contributed by atoms with Gasteiger partial charge in [-0.3, -0.25) is 9.98 Å². The summed E-state index contributed by atoms with van der Waals surface area (Å²) < 4.78 is 4.13. The van der Waals surface area contributed by atoms with Crippen LogP contribution < -0.4 is 45.2 Å². The van der Waals surface area contributed by atoms with Gasteiger partial charge in [0.2, 0.25) is 0 Å². The van der Waals surface area contributed by atoms with Crippen LogP contribution in [0.1, 0.15) is 49.7 Å². The zero-order valence-corrected chi connectivity index (χ0v) is 41.7. The van der Waals surface area contributed by atoms with Crippen LogP contribution in [0, 0.1) is 5.53 Å². The molecule has 13 nitrogen and oxygen atoms in total. The third kappa shape index (κ3) is 29.3. The van der Waals surface area contributed by atoms with Gasteiger partial charge < -0.3 is 63.8 Å². The zero-order chi connectivity index (χ0) is 37.9. The van der Waals surface area contributed by atoms with Gasteiger partial charge in [-0.25, -0.2) is 0 Å². The van der Waals surface area contributed by atoms with E-state index < -0.39 is 24.0 Å². The molecule has 0 heterocycles. The van der Waals surface area contributed by atoms with Gasteiger partial charge >= 0.3 is 40.5 Å². The molecule has 2 aromatic rings. The SMILES string of the molecule is C[N+](C)(C)CCCCC(N=Cc1c([O-])cc(Br)cc1Br)C(=O)[O-].C[N+](C)(C)CCCCC(N=Cc1c([O-])cc(Br)cc1Br)C(=O)[O-].[Cl-].[Cl-].[N-]=[N+]=N.[Pt+2].[Ru+2]. The molecule has 0 saturated carbocycles. The summed E-state index contributed by atoms with van der Waals surface area (Å²) in [7, 11) is 12.6. The van der Waals surface area contributed by atoms with Gasteiger partial charge in [0.15, 0.2) is 0 Å². The number of carbonyl (C=O) groups excluding carboxylic acids is 2. The smallest absolute Gasteiger partial charge is 1.00 e. The molecule has 2 unspecified atom stereocenters. The summed E-state index contributed by atoms with van der Waals surface area (Å²) in [6.07, 6.45) is 6.77. The first-order chi connectivity index (χ1) is 22.6. The molecule has 0 aliphatic rings. The molecule has 0 radical (unpaired) electrons. The second-order valence-electron chi connectivity index (χ2n) is 12.9. The van der Waals surface area contributed by atoms with Crippen LogP contribution in [0.3, 0.4) is 0 Å². The van der Waals surface area contributed by atoms with Crippen molar-refractivity contribution in [2.24, 2.45) is 9.98 Å². The number of carboxylic acids is 2. The van der Waals surface area contributed by atoms with Crippen molar-refractivity contribution in [3.8, 4) is 11.5 Å². The molecule has 21 heteroatoms. The normalized spacial score (nSPS) is 11.8. The molecule has 1 N–H and O–H groups in total. The van der Waals surface area contributed by atoms with Gasteiger partial charge in [-0.15, -0.1) is 5.53 Å². The number of hydrogen-bond donors (Lipinski definition) is 1. The average molecular weight is 1310 g/mol. The maximum Gasteiger partial charge on any atom is 2.00 e. The Kier molecular flexibility index (Phi) is 36.5. The summed E-state index contributed by atoms with van der Waals surface area (Å²) >= 11 is 13.0. The number of unbranched alkanes of at least 4 members (excludes halogenated alkanes) is 2. The summed E-state index contributed by atoms with van der Waals surface area (Å²) in [5.74, 6) is -2.88. The number of nitrogens with zero attached hydrogens (tertiary/aromatic N) is 6. The van der Waals surface area contributed by atoms with Gasteiger partial charge in [0.25, 0.3) is 0 Å². The van der Waals surface area contributed by atoms with Crippen LogP contribution >= 0.6 is 63.7 Å². The van der Waals surface area contributed by atoms with Crippen molar-refractivity contribution in [1.29, 1.82) is 5.53 Å². The van der Waals surface area contributed by atoms with Gasteiger partial charge in [0.1, 0.15) is 0 Å². The van der Waals surface area contributed by atoms with Gasteiger partial charge in [0.05, 0.1) is 79.4 Å². The van der Waals surface area contributed by atoms with Crippen LogP contribution in [0.15, 0.2) is 52.1 Å². The van der Waals surface area contributed by atoms with Crippen molar-refractivity contribution in [3.63, 3.8) is 0 Å². The van der Waals surface area contributed by atoms with Crippen LogP contribution in [0.25, 0.3) is 10.4 Å². The number of halogens is 6. The summed E-state index contributed by atoms with van der Waals surface area (Å²) in [6.45, 7) is 1.93. The first-order valence-corrected chi connectivity index (χ1v) is 18.2. The minimum atomic E-state index is -1.22. The predicted octanol–water partition coefficient (Wildman–Crippen LogP) is -1.72. The van der Waals surface area contributed by atoms with E-state index in [0.29, 0.717) is 41.9 Å². The molecule has 0 fully saturated rings. The molecular weight excluding hydrogens is 1270 g/mol. The van der Waals surface area contributed by atoms with Crippen molar-refractivity contribution in [3.05, 3.63) is 63.7 Å². The van der Waals surface area contributed by atoms with Crippen molar-refractivity contribution in [1.82, 2.24) is 0 Å². The third-order valence-corrected chi connectivity index (χ3v) is 8.76. The van der Waals surface area contributed by atoms with E-state index in [1.165, 1.54) is 24.6 Å². The Morgan fingerprint density at radius 2 is 1.02 bits per heavy atom. The topological polar surface area (TPSA) is 211 Å². The Labute approximate surface area is 385 Å². The molecule has 302 valence electrons.